The van der Waals surface area contributed by atoms with Crippen molar-refractivity contribution in [2.24, 2.45) is 0 Å². The minimum Gasteiger partial charge on any atom is -0.0794 e. The van der Waals surface area contributed by atoms with E-state index in [-0.39, 0.29) is 0 Å². The van der Waals surface area contributed by atoms with Crippen molar-refractivity contribution in [3.05, 3.63) is 29.3 Å². The summed E-state index contributed by atoms with van der Waals surface area (Å²) in [5.74, 6) is 0. The van der Waals surface area contributed by atoms with E-state index < -0.39 is 7.80 Å². The molecule has 0 aliphatic carbocycles. The molecule has 52 valence electrons. The Morgan fingerprint density at radius 1 is 1.40 bits per heavy atom. The van der Waals surface area contributed by atoms with Crippen molar-refractivity contribution in [1.29, 1.82) is 0 Å². The first kappa shape index (κ1) is 7.71. The van der Waals surface area contributed by atoms with Crippen molar-refractivity contribution in [3.8, 4) is 0 Å². The fourth-order valence-electron chi connectivity index (χ4n) is 0.707. The van der Waals surface area contributed by atoms with Gasteiger partial charge in [-0.15, -0.1) is 0 Å². The first-order valence-corrected chi connectivity index (χ1v) is 4.95. The standard InChI is InChI=1S/C7H7ClOP/c1-10(9)7-5-3-2-4-6(7)8/h2-5H,1H3/q+1. The van der Waals surface area contributed by atoms with Gasteiger partial charge in [0.25, 0.3) is 0 Å². The molecule has 0 bridgehead atoms. The molecule has 0 aliphatic heterocycles. The molecule has 0 heterocycles. The van der Waals surface area contributed by atoms with E-state index in [1.54, 1.807) is 18.8 Å². The zero-order valence-electron chi connectivity index (χ0n) is 5.54. The van der Waals surface area contributed by atoms with Crippen molar-refractivity contribution in [2.45, 2.75) is 0 Å². The van der Waals surface area contributed by atoms with E-state index in [1.165, 1.54) is 0 Å². The van der Waals surface area contributed by atoms with Crippen molar-refractivity contribution < 1.29 is 4.57 Å². The third-order valence-corrected chi connectivity index (χ3v) is 2.72. The molecule has 0 amide bonds. The van der Waals surface area contributed by atoms with Crippen LogP contribution in [0.25, 0.3) is 0 Å². The summed E-state index contributed by atoms with van der Waals surface area (Å²) in [7, 11) is -1.30. The summed E-state index contributed by atoms with van der Waals surface area (Å²) in [6, 6.07) is 7.18. The average molecular weight is 174 g/mol. The van der Waals surface area contributed by atoms with Crippen LogP contribution in [0.4, 0.5) is 0 Å². The first-order chi connectivity index (χ1) is 4.72. The summed E-state index contributed by atoms with van der Waals surface area (Å²) in [4.78, 5) is 0. The molecule has 1 atom stereocenters. The first-order valence-electron chi connectivity index (χ1n) is 2.87. The molecule has 0 saturated carbocycles. The maximum Gasteiger partial charge on any atom is 0.375 e. The molecule has 1 unspecified atom stereocenters. The zero-order chi connectivity index (χ0) is 7.56. The van der Waals surface area contributed by atoms with E-state index in [4.69, 9.17) is 11.6 Å². The van der Waals surface area contributed by atoms with Gasteiger partial charge in [0.05, 0.1) is 5.02 Å². The third-order valence-electron chi connectivity index (χ3n) is 1.19. The molecule has 0 fully saturated rings. The number of hydrogen-bond donors (Lipinski definition) is 0. The Hall–Kier alpha value is -0.390. The van der Waals surface area contributed by atoms with Gasteiger partial charge >= 0.3 is 7.80 Å². The predicted octanol–water partition coefficient (Wildman–Crippen LogP) is 2.42. The molecule has 0 spiro atoms. The molecule has 0 saturated heterocycles. The Labute approximate surface area is 65.8 Å². The van der Waals surface area contributed by atoms with Gasteiger partial charge in [0.2, 0.25) is 5.30 Å². The Morgan fingerprint density at radius 3 is 2.40 bits per heavy atom. The molecule has 0 aliphatic rings. The van der Waals surface area contributed by atoms with Crippen LogP contribution in [0.15, 0.2) is 24.3 Å². The van der Waals surface area contributed by atoms with Crippen LogP contribution in [0, 0.1) is 0 Å². The summed E-state index contributed by atoms with van der Waals surface area (Å²) in [6.45, 7) is 1.65. The molecular weight excluding hydrogens is 167 g/mol. The fourth-order valence-corrected chi connectivity index (χ4v) is 1.87. The summed E-state index contributed by atoms with van der Waals surface area (Å²) in [6.07, 6.45) is 0. The minimum absolute atomic E-state index is 0.589. The molecule has 1 nitrogen and oxygen atoms in total. The Bertz CT molecular complexity index is 260. The van der Waals surface area contributed by atoms with Gasteiger partial charge in [0, 0.05) is 0 Å². The van der Waals surface area contributed by atoms with Crippen molar-refractivity contribution in [2.75, 3.05) is 6.66 Å². The van der Waals surface area contributed by atoms with Gasteiger partial charge in [-0.1, -0.05) is 28.3 Å². The molecule has 1 aromatic rings. The van der Waals surface area contributed by atoms with Crippen LogP contribution < -0.4 is 5.30 Å². The van der Waals surface area contributed by atoms with Crippen LogP contribution in [0.5, 0.6) is 0 Å². The minimum atomic E-state index is -1.30. The van der Waals surface area contributed by atoms with Gasteiger partial charge in [-0.05, 0) is 12.1 Å². The third kappa shape index (κ3) is 1.56. The molecule has 3 heteroatoms. The van der Waals surface area contributed by atoms with Crippen LogP contribution in [-0.2, 0) is 4.57 Å². The lowest BCUT2D eigenvalue weighted by molar-refractivity contribution is 0.596. The highest BCUT2D eigenvalue weighted by atomic mass is 35.5. The van der Waals surface area contributed by atoms with E-state index in [9.17, 15) is 4.57 Å². The predicted molar refractivity (Wildman–Crippen MR) is 44.6 cm³/mol. The van der Waals surface area contributed by atoms with Gasteiger partial charge in [-0.25, -0.2) is 0 Å². The van der Waals surface area contributed by atoms with Crippen LogP contribution in [0.2, 0.25) is 5.02 Å². The van der Waals surface area contributed by atoms with Crippen LogP contribution >= 0.6 is 19.4 Å². The molecule has 0 aromatic heterocycles. The van der Waals surface area contributed by atoms with Crippen LogP contribution in [0.3, 0.4) is 0 Å². The van der Waals surface area contributed by atoms with Gasteiger partial charge < -0.3 is 0 Å². The number of halogens is 1. The molecule has 0 radical (unpaired) electrons. The topological polar surface area (TPSA) is 17.1 Å². The van der Waals surface area contributed by atoms with Gasteiger partial charge in [0.15, 0.2) is 0 Å². The zero-order valence-corrected chi connectivity index (χ0v) is 7.19. The maximum absolute atomic E-state index is 10.9. The van der Waals surface area contributed by atoms with E-state index in [1.807, 2.05) is 12.1 Å². The van der Waals surface area contributed by atoms with Crippen molar-refractivity contribution in [3.63, 3.8) is 0 Å². The molecule has 10 heavy (non-hydrogen) atoms. The van der Waals surface area contributed by atoms with E-state index >= 15 is 0 Å². The lowest BCUT2D eigenvalue weighted by Crippen LogP contribution is -1.95. The number of benzene rings is 1. The maximum atomic E-state index is 10.9. The monoisotopic (exact) mass is 173 g/mol. The molecular formula is C7H7ClOP+. The van der Waals surface area contributed by atoms with Crippen LogP contribution in [-0.4, -0.2) is 6.66 Å². The fraction of sp³-hybridized carbons (Fsp3) is 0.143. The molecule has 0 N–H and O–H groups in total. The SMILES string of the molecule is C[P+](=O)c1ccccc1Cl. The Balaban J connectivity index is 3.15. The van der Waals surface area contributed by atoms with Gasteiger partial charge in [-0.2, -0.15) is 0 Å². The normalized spacial score (nSPS) is 11.2. The molecule has 1 rings (SSSR count). The second-order valence-corrected chi connectivity index (χ2v) is 3.83. The highest BCUT2D eigenvalue weighted by Crippen LogP contribution is 2.19. The van der Waals surface area contributed by atoms with E-state index in [0.717, 1.165) is 5.30 Å². The highest BCUT2D eigenvalue weighted by molar-refractivity contribution is 7.53. The second-order valence-electron chi connectivity index (χ2n) is 1.95. The van der Waals surface area contributed by atoms with Crippen molar-refractivity contribution in [1.82, 2.24) is 0 Å². The van der Waals surface area contributed by atoms with E-state index in [2.05, 4.69) is 0 Å². The number of hydrogen-bond acceptors (Lipinski definition) is 1. The quantitative estimate of drug-likeness (QED) is 0.596. The number of rotatable bonds is 1. The summed E-state index contributed by atoms with van der Waals surface area (Å²) >= 11 is 5.74. The lowest BCUT2D eigenvalue weighted by Gasteiger charge is -1.86. The van der Waals surface area contributed by atoms with Crippen LogP contribution in [0.1, 0.15) is 0 Å². The second kappa shape index (κ2) is 3.14. The smallest absolute Gasteiger partial charge is 0.0794 e. The van der Waals surface area contributed by atoms with E-state index in [0.29, 0.717) is 5.02 Å². The summed E-state index contributed by atoms with van der Waals surface area (Å²) in [5, 5.41) is 1.32. The van der Waals surface area contributed by atoms with Gasteiger partial charge in [0.1, 0.15) is 6.66 Å². The Kier molecular flexibility index (Phi) is 2.42. The summed E-state index contributed by atoms with van der Waals surface area (Å²) < 4.78 is 10.9. The summed E-state index contributed by atoms with van der Waals surface area (Å²) in [5.41, 5.74) is 0. The highest BCUT2D eigenvalue weighted by Gasteiger charge is 2.14. The molecule has 1 aromatic carbocycles. The van der Waals surface area contributed by atoms with Gasteiger partial charge in [-0.3, -0.25) is 0 Å². The lowest BCUT2D eigenvalue weighted by atomic mass is 10.4. The largest absolute Gasteiger partial charge is 0.375 e. The Morgan fingerprint density at radius 2 is 2.00 bits per heavy atom. The average Bonchev–Trinajstić information content (AvgIpc) is 1.88. The van der Waals surface area contributed by atoms with Crippen molar-refractivity contribution >= 4 is 24.7 Å².